The minimum Gasteiger partial charge on any atom is -0.493 e. The van der Waals surface area contributed by atoms with Crippen molar-refractivity contribution >= 4 is 17.8 Å². The fourth-order valence-electron chi connectivity index (χ4n) is 3.01. The number of hydrogen-bond acceptors (Lipinski definition) is 4. The zero-order valence-electron chi connectivity index (χ0n) is 18.0. The molecule has 0 atom stereocenters. The molecule has 0 unspecified atom stereocenters. The molecule has 0 saturated carbocycles. The van der Waals surface area contributed by atoms with Crippen LogP contribution < -0.4 is 9.30 Å². The zero-order valence-corrected chi connectivity index (χ0v) is 18.0. The maximum atomic E-state index is 11.9. The predicted octanol–water partition coefficient (Wildman–Crippen LogP) is 4.69. The lowest BCUT2D eigenvalue weighted by Gasteiger charge is -2.09. The minimum atomic E-state index is -0.262. The van der Waals surface area contributed by atoms with Crippen LogP contribution in [0.3, 0.4) is 0 Å². The Kier molecular flexibility index (Phi) is 10.3. The van der Waals surface area contributed by atoms with Crippen molar-refractivity contribution in [2.45, 2.75) is 45.4 Å². The maximum absolute atomic E-state index is 11.9. The summed E-state index contributed by atoms with van der Waals surface area (Å²) in [7, 11) is 1.88. The summed E-state index contributed by atoms with van der Waals surface area (Å²) in [5, 5.41) is 0. The Morgan fingerprint density at radius 2 is 1.63 bits per heavy atom. The van der Waals surface area contributed by atoms with E-state index in [0.29, 0.717) is 18.8 Å². The Labute approximate surface area is 179 Å². The summed E-state index contributed by atoms with van der Waals surface area (Å²) in [6.07, 6.45) is 13.3. The fourth-order valence-corrected chi connectivity index (χ4v) is 3.01. The highest BCUT2D eigenvalue weighted by Gasteiger charge is 2.09. The van der Waals surface area contributed by atoms with E-state index in [1.807, 2.05) is 48.1 Å². The Morgan fingerprint density at radius 3 is 2.37 bits per heavy atom. The van der Waals surface area contributed by atoms with Gasteiger partial charge in [0.25, 0.3) is 0 Å². The molecule has 1 aromatic heterocycles. The number of unbranched alkanes of at least 4 members (excludes halogenated alkanes) is 5. The van der Waals surface area contributed by atoms with Gasteiger partial charge in [-0.3, -0.25) is 4.79 Å². The molecule has 30 heavy (non-hydrogen) atoms. The average Bonchev–Trinajstić information content (AvgIpc) is 2.74. The number of allylic oxidation sites excluding steroid dienone is 1. The van der Waals surface area contributed by atoms with Crippen LogP contribution in [0.25, 0.3) is 6.08 Å². The largest absolute Gasteiger partial charge is 0.493 e. The van der Waals surface area contributed by atoms with Gasteiger partial charge in [-0.25, -0.2) is 9.36 Å². The van der Waals surface area contributed by atoms with Gasteiger partial charge < -0.3 is 9.47 Å². The molecule has 1 aromatic carbocycles. The number of aryl methyl sites for hydroxylation is 1. The fraction of sp³-hybridized carbons (Fsp3) is 0.400. The first kappa shape index (κ1) is 23.3. The van der Waals surface area contributed by atoms with Crippen molar-refractivity contribution < 1.29 is 23.6 Å². The Balaban J connectivity index is 1.52. The second kappa shape index (κ2) is 13.3. The predicted molar refractivity (Wildman–Crippen MR) is 117 cm³/mol. The van der Waals surface area contributed by atoms with Crippen LogP contribution in [0, 0.1) is 0 Å². The minimum absolute atomic E-state index is 0.0220. The van der Waals surface area contributed by atoms with Crippen LogP contribution in [0.5, 0.6) is 5.75 Å². The van der Waals surface area contributed by atoms with Gasteiger partial charge in [-0.15, -0.1) is 0 Å². The van der Waals surface area contributed by atoms with Gasteiger partial charge >= 0.3 is 5.97 Å². The molecule has 0 fully saturated rings. The van der Waals surface area contributed by atoms with E-state index in [0.717, 1.165) is 49.8 Å². The number of rotatable bonds is 13. The van der Waals surface area contributed by atoms with Crippen LogP contribution in [-0.2, 0) is 16.6 Å². The lowest BCUT2D eigenvalue weighted by Crippen LogP contribution is -2.28. The molecule has 1 heterocycles. The van der Waals surface area contributed by atoms with Gasteiger partial charge in [-0.2, -0.15) is 0 Å². The molecule has 0 aliphatic heterocycles. The topological polar surface area (TPSA) is 56.5 Å². The molecule has 0 amide bonds. The number of nitrogens with zero attached hydrogens (tertiary/aromatic N) is 1. The summed E-state index contributed by atoms with van der Waals surface area (Å²) in [4.78, 5) is 23.1. The van der Waals surface area contributed by atoms with Crippen LogP contribution in [-0.4, -0.2) is 25.0 Å². The van der Waals surface area contributed by atoms with Crippen LogP contribution >= 0.6 is 0 Å². The monoisotopic (exact) mass is 410 g/mol. The second-order valence-electron chi connectivity index (χ2n) is 7.35. The van der Waals surface area contributed by atoms with Crippen molar-refractivity contribution in [2.75, 3.05) is 13.2 Å². The number of para-hydroxylation sites is 1. The van der Waals surface area contributed by atoms with Gasteiger partial charge in [0.05, 0.1) is 13.2 Å². The molecular formula is C25H32NO4+. The standard InChI is InChI=1S/C25H32NO4/c1-21(27)15-16-22-12-7-8-14-24(22)29-18-9-5-3-4-6-10-19-30-25(28)23-13-11-17-26(2)20-23/h7-8,11-17,20H,3-6,9-10,18-19H2,1-2H3/q+1. The molecular weight excluding hydrogens is 378 g/mol. The summed E-state index contributed by atoms with van der Waals surface area (Å²) in [6, 6.07) is 11.3. The SMILES string of the molecule is CC(=O)C=Cc1ccccc1OCCCCCCCCOC(=O)c1ccc[n+](C)c1. The summed E-state index contributed by atoms with van der Waals surface area (Å²) in [5.41, 5.74) is 1.50. The highest BCUT2D eigenvalue weighted by Crippen LogP contribution is 2.20. The Bertz CT molecular complexity index is 845. The van der Waals surface area contributed by atoms with Crippen molar-refractivity contribution in [3.8, 4) is 5.75 Å². The molecule has 0 bridgehead atoms. The molecule has 5 heteroatoms. The number of benzene rings is 1. The number of carbonyl (C=O) groups excluding carboxylic acids is 2. The third kappa shape index (κ3) is 9.03. The van der Waals surface area contributed by atoms with E-state index < -0.39 is 0 Å². The molecule has 5 nitrogen and oxygen atoms in total. The van der Waals surface area contributed by atoms with E-state index >= 15 is 0 Å². The maximum Gasteiger partial charge on any atom is 0.344 e. The number of aromatic nitrogens is 1. The molecule has 0 spiro atoms. The smallest absolute Gasteiger partial charge is 0.344 e. The number of ether oxygens (including phenoxy) is 2. The molecule has 0 N–H and O–H groups in total. The molecule has 160 valence electrons. The van der Waals surface area contributed by atoms with Crippen molar-refractivity contribution in [1.29, 1.82) is 0 Å². The number of pyridine rings is 1. The van der Waals surface area contributed by atoms with Gasteiger partial charge in [0, 0.05) is 11.6 Å². The van der Waals surface area contributed by atoms with Gasteiger partial charge in [0.2, 0.25) is 0 Å². The van der Waals surface area contributed by atoms with Crippen molar-refractivity contribution in [3.63, 3.8) is 0 Å². The van der Waals surface area contributed by atoms with E-state index in [4.69, 9.17) is 9.47 Å². The van der Waals surface area contributed by atoms with E-state index in [1.165, 1.54) is 6.92 Å². The summed E-state index contributed by atoms with van der Waals surface area (Å²) >= 11 is 0. The Morgan fingerprint density at radius 1 is 0.933 bits per heavy atom. The Hall–Kier alpha value is -2.95. The quantitative estimate of drug-likeness (QED) is 0.208. The second-order valence-corrected chi connectivity index (χ2v) is 7.35. The molecule has 0 aliphatic rings. The van der Waals surface area contributed by atoms with Crippen molar-refractivity contribution in [1.82, 2.24) is 0 Å². The van der Waals surface area contributed by atoms with Gasteiger partial charge in [-0.05, 0) is 44.1 Å². The summed E-state index contributed by atoms with van der Waals surface area (Å²) < 4.78 is 13.0. The lowest BCUT2D eigenvalue weighted by molar-refractivity contribution is -0.671. The highest BCUT2D eigenvalue weighted by molar-refractivity contribution is 5.91. The third-order valence-electron chi connectivity index (χ3n) is 4.62. The van der Waals surface area contributed by atoms with Crippen molar-refractivity contribution in [2.24, 2.45) is 7.05 Å². The number of hydrogen-bond donors (Lipinski definition) is 0. The van der Waals surface area contributed by atoms with Gasteiger partial charge in [0.1, 0.15) is 18.4 Å². The highest BCUT2D eigenvalue weighted by atomic mass is 16.5. The lowest BCUT2D eigenvalue weighted by atomic mass is 10.1. The number of carbonyl (C=O) groups is 2. The summed E-state index contributed by atoms with van der Waals surface area (Å²) in [6.45, 7) is 2.66. The first-order chi connectivity index (χ1) is 14.6. The molecule has 2 aromatic rings. The summed E-state index contributed by atoms with van der Waals surface area (Å²) in [5.74, 6) is 0.569. The van der Waals surface area contributed by atoms with Crippen LogP contribution in [0.1, 0.15) is 61.4 Å². The third-order valence-corrected chi connectivity index (χ3v) is 4.62. The van der Waals surface area contributed by atoms with E-state index in [9.17, 15) is 9.59 Å². The normalized spacial score (nSPS) is 10.9. The van der Waals surface area contributed by atoms with E-state index in [1.54, 1.807) is 24.4 Å². The van der Waals surface area contributed by atoms with Crippen molar-refractivity contribution in [3.05, 3.63) is 66.0 Å². The first-order valence-electron chi connectivity index (χ1n) is 10.6. The van der Waals surface area contributed by atoms with Crippen LogP contribution in [0.15, 0.2) is 54.9 Å². The van der Waals surface area contributed by atoms with Crippen LogP contribution in [0.4, 0.5) is 0 Å². The van der Waals surface area contributed by atoms with Gasteiger partial charge in [-0.1, -0.05) is 43.9 Å². The molecule has 2 rings (SSSR count). The average molecular weight is 411 g/mol. The molecule has 0 saturated heterocycles. The number of esters is 1. The van der Waals surface area contributed by atoms with E-state index in [-0.39, 0.29) is 11.8 Å². The molecule has 0 radical (unpaired) electrons. The zero-order chi connectivity index (χ0) is 21.6. The first-order valence-corrected chi connectivity index (χ1v) is 10.6. The van der Waals surface area contributed by atoms with E-state index in [2.05, 4.69) is 0 Å². The number of ketones is 1. The van der Waals surface area contributed by atoms with Gasteiger partial charge in [0.15, 0.2) is 18.2 Å². The molecule has 0 aliphatic carbocycles. The van der Waals surface area contributed by atoms with Crippen LogP contribution in [0.2, 0.25) is 0 Å².